The van der Waals surface area contributed by atoms with Crippen LogP contribution in [-0.2, 0) is 4.74 Å². The lowest BCUT2D eigenvalue weighted by atomic mass is 10.1. The van der Waals surface area contributed by atoms with Gasteiger partial charge in [-0.15, -0.1) is 0 Å². The highest BCUT2D eigenvalue weighted by molar-refractivity contribution is 9.10. The summed E-state index contributed by atoms with van der Waals surface area (Å²) in [6.07, 6.45) is 0. The van der Waals surface area contributed by atoms with Crippen LogP contribution < -0.4 is 0 Å². The first kappa shape index (κ1) is 15.2. The molecule has 0 spiro atoms. The summed E-state index contributed by atoms with van der Waals surface area (Å²) in [6, 6.07) is 5.86. The molecule has 1 aromatic carbocycles. The molecule has 3 nitrogen and oxygen atoms in total. The smallest absolute Gasteiger partial charge is 0.254 e. The Kier molecular flexibility index (Phi) is 5.82. The number of ether oxygens (including phenoxy) is 1. The Balaban J connectivity index is 2.98. The quantitative estimate of drug-likeness (QED) is 0.835. The maximum atomic E-state index is 12.5. The number of carbonyl (C=O) groups excluding carboxylic acids is 1. The SMILES string of the molecule is COCCN(C(=O)c1cccc(Br)c1C)C(C)C. The van der Waals surface area contributed by atoms with Crippen LogP contribution in [-0.4, -0.2) is 37.1 Å². The van der Waals surface area contributed by atoms with E-state index in [4.69, 9.17) is 4.74 Å². The molecule has 0 bridgehead atoms. The van der Waals surface area contributed by atoms with Crippen molar-refractivity contribution in [1.29, 1.82) is 0 Å². The zero-order valence-electron chi connectivity index (χ0n) is 11.4. The molecule has 0 aliphatic rings. The second-order valence-electron chi connectivity index (χ2n) is 4.50. The van der Waals surface area contributed by atoms with E-state index in [0.717, 1.165) is 15.6 Å². The van der Waals surface area contributed by atoms with Gasteiger partial charge in [0.2, 0.25) is 0 Å². The van der Waals surface area contributed by atoms with Gasteiger partial charge in [-0.1, -0.05) is 22.0 Å². The molecule has 0 N–H and O–H groups in total. The average molecular weight is 314 g/mol. The van der Waals surface area contributed by atoms with Crippen molar-refractivity contribution in [3.8, 4) is 0 Å². The third kappa shape index (κ3) is 3.56. The number of carbonyl (C=O) groups is 1. The molecule has 0 radical (unpaired) electrons. The Morgan fingerprint density at radius 1 is 1.44 bits per heavy atom. The fourth-order valence-corrected chi connectivity index (χ4v) is 2.14. The summed E-state index contributed by atoms with van der Waals surface area (Å²) in [5.74, 6) is 0.0563. The zero-order valence-corrected chi connectivity index (χ0v) is 13.0. The Labute approximate surface area is 117 Å². The van der Waals surface area contributed by atoms with Crippen molar-refractivity contribution < 1.29 is 9.53 Å². The van der Waals surface area contributed by atoms with Gasteiger partial charge in [-0.3, -0.25) is 4.79 Å². The lowest BCUT2D eigenvalue weighted by Gasteiger charge is -2.27. The summed E-state index contributed by atoms with van der Waals surface area (Å²) in [5.41, 5.74) is 1.72. The number of benzene rings is 1. The minimum Gasteiger partial charge on any atom is -0.383 e. The first-order chi connectivity index (χ1) is 8.49. The predicted octanol–water partition coefficient (Wildman–Crippen LogP) is 3.25. The topological polar surface area (TPSA) is 29.5 Å². The van der Waals surface area contributed by atoms with E-state index in [0.29, 0.717) is 13.2 Å². The maximum Gasteiger partial charge on any atom is 0.254 e. The van der Waals surface area contributed by atoms with Crippen LogP contribution in [0.3, 0.4) is 0 Å². The molecule has 18 heavy (non-hydrogen) atoms. The third-order valence-corrected chi connectivity index (χ3v) is 3.78. The molecule has 0 unspecified atom stereocenters. The van der Waals surface area contributed by atoms with Crippen molar-refractivity contribution >= 4 is 21.8 Å². The van der Waals surface area contributed by atoms with Crippen LogP contribution in [0, 0.1) is 6.92 Å². The summed E-state index contributed by atoms with van der Waals surface area (Å²) in [4.78, 5) is 14.3. The fraction of sp³-hybridized carbons (Fsp3) is 0.500. The van der Waals surface area contributed by atoms with Crippen molar-refractivity contribution in [3.05, 3.63) is 33.8 Å². The van der Waals surface area contributed by atoms with Crippen molar-refractivity contribution in [1.82, 2.24) is 4.90 Å². The van der Waals surface area contributed by atoms with Gasteiger partial charge in [-0.05, 0) is 38.5 Å². The molecule has 0 saturated heterocycles. The highest BCUT2D eigenvalue weighted by Crippen LogP contribution is 2.21. The molecule has 1 amide bonds. The molecule has 0 aliphatic heterocycles. The van der Waals surface area contributed by atoms with Crippen molar-refractivity contribution in [2.24, 2.45) is 0 Å². The number of methoxy groups -OCH3 is 1. The third-order valence-electron chi connectivity index (χ3n) is 2.92. The van der Waals surface area contributed by atoms with Gasteiger partial charge in [0.25, 0.3) is 5.91 Å². The molecular formula is C14H20BrNO2. The van der Waals surface area contributed by atoms with E-state index in [9.17, 15) is 4.79 Å². The van der Waals surface area contributed by atoms with Crippen LogP contribution in [0.4, 0.5) is 0 Å². The molecule has 0 heterocycles. The van der Waals surface area contributed by atoms with Crippen LogP contribution in [0.1, 0.15) is 29.8 Å². The molecular weight excluding hydrogens is 294 g/mol. The highest BCUT2D eigenvalue weighted by Gasteiger charge is 2.20. The van der Waals surface area contributed by atoms with Gasteiger partial charge >= 0.3 is 0 Å². The van der Waals surface area contributed by atoms with Gasteiger partial charge in [0.05, 0.1) is 6.61 Å². The number of nitrogens with zero attached hydrogens (tertiary/aromatic N) is 1. The summed E-state index contributed by atoms with van der Waals surface area (Å²) < 4.78 is 6.02. The second kappa shape index (κ2) is 6.90. The summed E-state index contributed by atoms with van der Waals surface area (Å²) in [6.45, 7) is 7.14. The van der Waals surface area contributed by atoms with E-state index < -0.39 is 0 Å². The van der Waals surface area contributed by atoms with Crippen LogP contribution >= 0.6 is 15.9 Å². The van der Waals surface area contributed by atoms with Crippen molar-refractivity contribution in [2.45, 2.75) is 26.8 Å². The van der Waals surface area contributed by atoms with Gasteiger partial charge in [0.15, 0.2) is 0 Å². The van der Waals surface area contributed by atoms with E-state index in [-0.39, 0.29) is 11.9 Å². The monoisotopic (exact) mass is 313 g/mol. The molecule has 1 aromatic rings. The molecule has 4 heteroatoms. The molecule has 0 fully saturated rings. The second-order valence-corrected chi connectivity index (χ2v) is 5.35. The van der Waals surface area contributed by atoms with Gasteiger partial charge in [0, 0.05) is 29.7 Å². The Morgan fingerprint density at radius 2 is 2.11 bits per heavy atom. The Hall–Kier alpha value is -0.870. The Bertz CT molecular complexity index is 418. The number of halogens is 1. The molecule has 0 aromatic heterocycles. The molecule has 0 aliphatic carbocycles. The Morgan fingerprint density at radius 3 is 2.67 bits per heavy atom. The number of hydrogen-bond donors (Lipinski definition) is 0. The minimum atomic E-state index is 0.0563. The number of amides is 1. The average Bonchev–Trinajstić information content (AvgIpc) is 2.32. The molecule has 1 rings (SSSR count). The van der Waals surface area contributed by atoms with E-state index in [1.54, 1.807) is 7.11 Å². The van der Waals surface area contributed by atoms with Crippen LogP contribution in [0.15, 0.2) is 22.7 Å². The fourth-order valence-electron chi connectivity index (χ4n) is 1.78. The largest absolute Gasteiger partial charge is 0.383 e. The van der Waals surface area contributed by atoms with Crippen LogP contribution in [0.25, 0.3) is 0 Å². The maximum absolute atomic E-state index is 12.5. The van der Waals surface area contributed by atoms with Crippen LogP contribution in [0.5, 0.6) is 0 Å². The first-order valence-electron chi connectivity index (χ1n) is 6.04. The lowest BCUT2D eigenvalue weighted by molar-refractivity contribution is 0.0634. The van der Waals surface area contributed by atoms with Gasteiger partial charge < -0.3 is 9.64 Å². The number of rotatable bonds is 5. The van der Waals surface area contributed by atoms with E-state index in [1.807, 2.05) is 43.9 Å². The van der Waals surface area contributed by atoms with E-state index in [2.05, 4.69) is 15.9 Å². The lowest BCUT2D eigenvalue weighted by Crippen LogP contribution is -2.39. The highest BCUT2D eigenvalue weighted by atomic mass is 79.9. The standard InChI is InChI=1S/C14H20BrNO2/c1-10(2)16(8-9-18-4)14(17)12-6-5-7-13(15)11(12)3/h5-7,10H,8-9H2,1-4H3. The van der Waals surface area contributed by atoms with Gasteiger partial charge in [-0.25, -0.2) is 0 Å². The summed E-state index contributed by atoms with van der Waals surface area (Å²) in [5, 5.41) is 0. The first-order valence-corrected chi connectivity index (χ1v) is 6.83. The zero-order chi connectivity index (χ0) is 13.7. The number of hydrogen-bond acceptors (Lipinski definition) is 2. The molecule has 100 valence electrons. The normalized spacial score (nSPS) is 10.8. The van der Waals surface area contributed by atoms with E-state index >= 15 is 0 Å². The summed E-state index contributed by atoms with van der Waals surface area (Å²) >= 11 is 3.46. The predicted molar refractivity (Wildman–Crippen MR) is 76.9 cm³/mol. The minimum absolute atomic E-state index is 0.0563. The molecule has 0 saturated carbocycles. The van der Waals surface area contributed by atoms with Crippen molar-refractivity contribution in [3.63, 3.8) is 0 Å². The van der Waals surface area contributed by atoms with Crippen LogP contribution in [0.2, 0.25) is 0 Å². The molecule has 0 atom stereocenters. The summed E-state index contributed by atoms with van der Waals surface area (Å²) in [7, 11) is 1.65. The van der Waals surface area contributed by atoms with Gasteiger partial charge in [-0.2, -0.15) is 0 Å². The van der Waals surface area contributed by atoms with E-state index in [1.165, 1.54) is 0 Å². The van der Waals surface area contributed by atoms with Crippen molar-refractivity contribution in [2.75, 3.05) is 20.3 Å². The van der Waals surface area contributed by atoms with Gasteiger partial charge in [0.1, 0.15) is 0 Å².